The quantitative estimate of drug-likeness (QED) is 0.822. The van der Waals surface area contributed by atoms with Gasteiger partial charge in [0.05, 0.1) is 0 Å². The predicted molar refractivity (Wildman–Crippen MR) is 91.5 cm³/mol. The highest BCUT2D eigenvalue weighted by atomic mass is 79.9. The van der Waals surface area contributed by atoms with Crippen LogP contribution in [0.25, 0.3) is 0 Å². The normalized spacial score (nSPS) is 19.4. The van der Waals surface area contributed by atoms with Gasteiger partial charge in [-0.05, 0) is 64.3 Å². The number of rotatable bonds is 5. The molecule has 1 unspecified atom stereocenters. The van der Waals surface area contributed by atoms with Gasteiger partial charge in [0.2, 0.25) is 0 Å². The number of nitrogens with zero attached hydrogens (tertiary/aromatic N) is 1. The van der Waals surface area contributed by atoms with Crippen LogP contribution in [0.3, 0.4) is 0 Å². The molecule has 0 aliphatic carbocycles. The van der Waals surface area contributed by atoms with Crippen LogP contribution in [-0.4, -0.2) is 18.6 Å². The molecular formula is C17H27BrN2. The van der Waals surface area contributed by atoms with Gasteiger partial charge >= 0.3 is 0 Å². The zero-order chi connectivity index (χ0) is 14.8. The minimum Gasteiger partial charge on any atom is -0.366 e. The van der Waals surface area contributed by atoms with Crippen molar-refractivity contribution < 1.29 is 0 Å². The van der Waals surface area contributed by atoms with Gasteiger partial charge < -0.3 is 10.2 Å². The van der Waals surface area contributed by atoms with Gasteiger partial charge in [-0.25, -0.2) is 0 Å². The van der Waals surface area contributed by atoms with Crippen molar-refractivity contribution >= 4 is 21.6 Å². The fraction of sp³-hybridized carbons (Fsp3) is 0.647. The summed E-state index contributed by atoms with van der Waals surface area (Å²) in [6, 6.07) is 7.11. The lowest BCUT2D eigenvalue weighted by atomic mass is 9.98. The first kappa shape index (κ1) is 15.8. The summed E-state index contributed by atoms with van der Waals surface area (Å²) in [6.07, 6.45) is 3.73. The average Bonchev–Trinajstić information content (AvgIpc) is 2.75. The molecule has 1 N–H and O–H groups in total. The summed E-state index contributed by atoms with van der Waals surface area (Å²) in [4.78, 5) is 2.58. The third kappa shape index (κ3) is 3.37. The Bertz CT molecular complexity index is 456. The lowest BCUT2D eigenvalue weighted by molar-refractivity contribution is 0.511. The highest BCUT2D eigenvalue weighted by molar-refractivity contribution is 9.10. The molecule has 1 saturated heterocycles. The van der Waals surface area contributed by atoms with Crippen LogP contribution in [0, 0.1) is 0 Å². The third-order valence-electron chi connectivity index (χ3n) is 4.35. The van der Waals surface area contributed by atoms with Gasteiger partial charge in [-0.2, -0.15) is 0 Å². The number of benzene rings is 1. The van der Waals surface area contributed by atoms with Crippen molar-refractivity contribution in [3.8, 4) is 0 Å². The van der Waals surface area contributed by atoms with Crippen molar-refractivity contribution in [3.05, 3.63) is 28.2 Å². The van der Waals surface area contributed by atoms with Crippen molar-refractivity contribution in [1.82, 2.24) is 5.32 Å². The molecule has 2 rings (SSSR count). The standard InChI is InChI=1S/C17H27BrN2/c1-5-10-19-13(2)15-8-7-14(18)12-16(15)20-11-6-9-17(20,3)4/h7-8,12-13,19H,5-6,9-11H2,1-4H3. The van der Waals surface area contributed by atoms with Gasteiger partial charge in [-0.15, -0.1) is 0 Å². The van der Waals surface area contributed by atoms with Crippen LogP contribution >= 0.6 is 15.9 Å². The number of halogens is 1. The first-order valence-corrected chi connectivity index (χ1v) is 8.55. The molecule has 0 spiro atoms. The van der Waals surface area contributed by atoms with Gasteiger partial charge in [0, 0.05) is 28.3 Å². The Labute approximate surface area is 132 Å². The molecule has 1 heterocycles. The molecule has 0 radical (unpaired) electrons. The van der Waals surface area contributed by atoms with E-state index in [1.54, 1.807) is 0 Å². The smallest absolute Gasteiger partial charge is 0.0430 e. The molecule has 1 atom stereocenters. The molecule has 20 heavy (non-hydrogen) atoms. The van der Waals surface area contributed by atoms with Gasteiger partial charge in [0.1, 0.15) is 0 Å². The topological polar surface area (TPSA) is 15.3 Å². The molecule has 112 valence electrons. The number of nitrogens with one attached hydrogen (secondary N) is 1. The molecule has 1 aliphatic rings. The van der Waals surface area contributed by atoms with Crippen molar-refractivity contribution in [2.45, 2.75) is 58.5 Å². The van der Waals surface area contributed by atoms with Crippen LogP contribution in [0.4, 0.5) is 5.69 Å². The summed E-state index contributed by atoms with van der Waals surface area (Å²) >= 11 is 3.64. The zero-order valence-electron chi connectivity index (χ0n) is 13.2. The van der Waals surface area contributed by atoms with Gasteiger partial charge in [0.15, 0.2) is 0 Å². The molecule has 0 amide bonds. The summed E-state index contributed by atoms with van der Waals surface area (Å²) in [5, 5.41) is 3.62. The van der Waals surface area contributed by atoms with E-state index in [0.717, 1.165) is 13.1 Å². The van der Waals surface area contributed by atoms with E-state index >= 15 is 0 Å². The van der Waals surface area contributed by atoms with Crippen molar-refractivity contribution in [2.24, 2.45) is 0 Å². The molecule has 1 aliphatic heterocycles. The maximum atomic E-state index is 3.64. The Balaban J connectivity index is 2.33. The van der Waals surface area contributed by atoms with Crippen LogP contribution in [0.15, 0.2) is 22.7 Å². The monoisotopic (exact) mass is 338 g/mol. The molecule has 3 heteroatoms. The minimum atomic E-state index is 0.264. The molecule has 1 fully saturated rings. The van der Waals surface area contributed by atoms with Gasteiger partial charge in [-0.1, -0.05) is 28.9 Å². The Morgan fingerprint density at radius 1 is 1.40 bits per heavy atom. The van der Waals surface area contributed by atoms with E-state index < -0.39 is 0 Å². The molecule has 0 saturated carbocycles. The van der Waals surface area contributed by atoms with E-state index in [1.165, 1.54) is 35.0 Å². The fourth-order valence-electron chi connectivity index (χ4n) is 3.14. The van der Waals surface area contributed by atoms with Crippen molar-refractivity contribution in [3.63, 3.8) is 0 Å². The third-order valence-corrected chi connectivity index (χ3v) is 4.84. The largest absolute Gasteiger partial charge is 0.366 e. The first-order chi connectivity index (χ1) is 9.45. The predicted octanol–water partition coefficient (Wildman–Crippen LogP) is 4.89. The molecule has 0 aromatic heterocycles. The van der Waals surface area contributed by atoms with E-state index in [9.17, 15) is 0 Å². The average molecular weight is 339 g/mol. The first-order valence-electron chi connectivity index (χ1n) is 7.76. The van der Waals surface area contributed by atoms with Gasteiger partial charge in [0.25, 0.3) is 0 Å². The number of hydrogen-bond donors (Lipinski definition) is 1. The van der Waals surface area contributed by atoms with Crippen molar-refractivity contribution in [1.29, 1.82) is 0 Å². The Morgan fingerprint density at radius 2 is 2.15 bits per heavy atom. The van der Waals surface area contributed by atoms with E-state index in [1.807, 2.05) is 0 Å². The zero-order valence-corrected chi connectivity index (χ0v) is 14.8. The van der Waals surface area contributed by atoms with E-state index in [2.05, 4.69) is 72.0 Å². The molecule has 1 aromatic carbocycles. The van der Waals surface area contributed by atoms with Crippen LogP contribution in [0.5, 0.6) is 0 Å². The second-order valence-corrected chi connectivity index (χ2v) is 7.36. The van der Waals surface area contributed by atoms with Crippen molar-refractivity contribution in [2.75, 3.05) is 18.0 Å². The number of anilines is 1. The second-order valence-electron chi connectivity index (χ2n) is 6.45. The van der Waals surface area contributed by atoms with Gasteiger partial charge in [-0.3, -0.25) is 0 Å². The molecule has 2 nitrogen and oxygen atoms in total. The highest BCUT2D eigenvalue weighted by Gasteiger charge is 2.33. The SMILES string of the molecule is CCCNC(C)c1ccc(Br)cc1N1CCCC1(C)C. The summed E-state index contributed by atoms with van der Waals surface area (Å²) in [7, 11) is 0. The Morgan fingerprint density at radius 3 is 2.75 bits per heavy atom. The van der Waals surface area contributed by atoms with Crippen LogP contribution in [0.2, 0.25) is 0 Å². The minimum absolute atomic E-state index is 0.264. The maximum Gasteiger partial charge on any atom is 0.0430 e. The summed E-state index contributed by atoms with van der Waals surface area (Å²) < 4.78 is 1.17. The van der Waals surface area contributed by atoms with Crippen LogP contribution in [0.1, 0.15) is 58.6 Å². The Hall–Kier alpha value is -0.540. The number of hydrogen-bond acceptors (Lipinski definition) is 2. The Kier molecular flexibility index (Phi) is 5.14. The molecule has 0 bridgehead atoms. The molecular weight excluding hydrogens is 312 g/mol. The lowest BCUT2D eigenvalue weighted by Crippen LogP contribution is -2.39. The summed E-state index contributed by atoms with van der Waals surface area (Å²) in [5.41, 5.74) is 3.06. The summed E-state index contributed by atoms with van der Waals surface area (Å²) in [6.45, 7) is 11.4. The maximum absolute atomic E-state index is 3.64. The molecule has 1 aromatic rings. The second kappa shape index (κ2) is 6.48. The lowest BCUT2D eigenvalue weighted by Gasteiger charge is -2.36. The van der Waals surface area contributed by atoms with E-state index in [4.69, 9.17) is 0 Å². The van der Waals surface area contributed by atoms with Crippen LogP contribution < -0.4 is 10.2 Å². The van der Waals surface area contributed by atoms with E-state index in [0.29, 0.717) is 6.04 Å². The highest BCUT2D eigenvalue weighted by Crippen LogP contribution is 2.38. The van der Waals surface area contributed by atoms with Crippen LogP contribution in [-0.2, 0) is 0 Å². The van der Waals surface area contributed by atoms with E-state index in [-0.39, 0.29) is 5.54 Å². The fourth-order valence-corrected chi connectivity index (χ4v) is 3.49. The summed E-state index contributed by atoms with van der Waals surface area (Å²) in [5.74, 6) is 0.